The molecule has 0 spiro atoms. The van der Waals surface area contributed by atoms with Crippen LogP contribution in [0, 0.1) is 6.92 Å². The summed E-state index contributed by atoms with van der Waals surface area (Å²) in [4.78, 5) is 16.1. The Balaban J connectivity index is 2.30. The van der Waals surface area contributed by atoms with Gasteiger partial charge in [-0.25, -0.2) is 0 Å². The highest BCUT2D eigenvalue weighted by molar-refractivity contribution is 6.36. The van der Waals surface area contributed by atoms with Gasteiger partial charge in [-0.2, -0.15) is 0 Å². The van der Waals surface area contributed by atoms with Crippen LogP contribution >= 0.6 is 23.2 Å². The number of carbonyl (C=O) groups excluding carboxylic acids is 1. The minimum atomic E-state index is -0.0319. The highest BCUT2D eigenvalue weighted by atomic mass is 35.5. The van der Waals surface area contributed by atoms with Crippen LogP contribution in [0.15, 0.2) is 36.7 Å². The Morgan fingerprint density at radius 3 is 2.50 bits per heavy atom. The van der Waals surface area contributed by atoms with Gasteiger partial charge in [-0.1, -0.05) is 29.3 Å². The molecule has 1 aromatic heterocycles. The van der Waals surface area contributed by atoms with Crippen molar-refractivity contribution in [1.29, 1.82) is 0 Å². The highest BCUT2D eigenvalue weighted by Crippen LogP contribution is 2.25. The Hall–Kier alpha value is -1.38. The summed E-state index contributed by atoms with van der Waals surface area (Å²) in [5.74, 6) is -0.0319. The van der Waals surface area contributed by atoms with E-state index < -0.39 is 0 Å². The smallest absolute Gasteiger partial charge is 0.169 e. The SMILES string of the molecule is Cc1ccncc1C(=O)Cc1c(Cl)cccc1Cl. The summed E-state index contributed by atoms with van der Waals surface area (Å²) < 4.78 is 0. The average Bonchev–Trinajstić information content (AvgIpc) is 2.34. The maximum Gasteiger partial charge on any atom is 0.169 e. The van der Waals surface area contributed by atoms with Crippen LogP contribution in [0.2, 0.25) is 10.0 Å². The van der Waals surface area contributed by atoms with Gasteiger partial charge in [0.25, 0.3) is 0 Å². The Morgan fingerprint density at radius 2 is 1.89 bits per heavy atom. The van der Waals surface area contributed by atoms with E-state index in [-0.39, 0.29) is 12.2 Å². The first-order chi connectivity index (χ1) is 8.59. The minimum Gasteiger partial charge on any atom is -0.294 e. The van der Waals surface area contributed by atoms with Crippen molar-refractivity contribution >= 4 is 29.0 Å². The second-order valence-electron chi connectivity index (χ2n) is 3.99. The van der Waals surface area contributed by atoms with Crippen LogP contribution < -0.4 is 0 Å². The van der Waals surface area contributed by atoms with Gasteiger partial charge in [0.2, 0.25) is 0 Å². The van der Waals surface area contributed by atoms with E-state index in [0.717, 1.165) is 5.56 Å². The zero-order valence-electron chi connectivity index (χ0n) is 9.78. The molecule has 2 nitrogen and oxygen atoms in total. The molecule has 18 heavy (non-hydrogen) atoms. The summed E-state index contributed by atoms with van der Waals surface area (Å²) >= 11 is 12.1. The molecule has 0 amide bonds. The quantitative estimate of drug-likeness (QED) is 0.791. The van der Waals surface area contributed by atoms with Crippen LogP contribution in [0.3, 0.4) is 0 Å². The molecule has 2 rings (SSSR count). The van der Waals surface area contributed by atoms with Gasteiger partial charge in [0, 0.05) is 34.4 Å². The molecule has 0 aliphatic carbocycles. The number of Topliss-reactive ketones (excluding diaryl/α,β-unsaturated/α-hetero) is 1. The lowest BCUT2D eigenvalue weighted by atomic mass is 10.0. The maximum absolute atomic E-state index is 12.2. The van der Waals surface area contributed by atoms with Gasteiger partial charge in [0.05, 0.1) is 0 Å². The van der Waals surface area contributed by atoms with Crippen molar-refractivity contribution < 1.29 is 4.79 Å². The number of halogens is 2. The van der Waals surface area contributed by atoms with Crippen LogP contribution in [0.1, 0.15) is 21.5 Å². The Kier molecular flexibility index (Phi) is 4.00. The fraction of sp³-hybridized carbons (Fsp3) is 0.143. The highest BCUT2D eigenvalue weighted by Gasteiger charge is 2.14. The number of hydrogen-bond donors (Lipinski definition) is 0. The normalized spacial score (nSPS) is 10.4. The largest absolute Gasteiger partial charge is 0.294 e. The van der Waals surface area contributed by atoms with E-state index in [0.29, 0.717) is 21.2 Å². The summed E-state index contributed by atoms with van der Waals surface area (Å²) in [6.07, 6.45) is 3.42. The first-order valence-electron chi connectivity index (χ1n) is 5.46. The van der Waals surface area contributed by atoms with Gasteiger partial charge in [-0.3, -0.25) is 9.78 Å². The van der Waals surface area contributed by atoms with Crippen LogP contribution in [0.4, 0.5) is 0 Å². The van der Waals surface area contributed by atoms with Crippen molar-refractivity contribution in [3.63, 3.8) is 0 Å². The van der Waals surface area contributed by atoms with Gasteiger partial charge < -0.3 is 0 Å². The van der Waals surface area contributed by atoms with E-state index >= 15 is 0 Å². The molecule has 0 bridgehead atoms. The monoisotopic (exact) mass is 279 g/mol. The second-order valence-corrected chi connectivity index (χ2v) is 4.81. The Morgan fingerprint density at radius 1 is 1.22 bits per heavy atom. The minimum absolute atomic E-state index is 0.0319. The number of benzene rings is 1. The molecule has 92 valence electrons. The lowest BCUT2D eigenvalue weighted by molar-refractivity contribution is 0.0992. The third kappa shape index (κ3) is 2.71. The van der Waals surface area contributed by atoms with E-state index in [4.69, 9.17) is 23.2 Å². The van der Waals surface area contributed by atoms with Crippen molar-refractivity contribution in [3.8, 4) is 0 Å². The summed E-state index contributed by atoms with van der Waals surface area (Å²) in [6, 6.07) is 7.02. The number of hydrogen-bond acceptors (Lipinski definition) is 2. The predicted molar refractivity (Wildman–Crippen MR) is 73.5 cm³/mol. The van der Waals surface area contributed by atoms with Crippen molar-refractivity contribution in [2.45, 2.75) is 13.3 Å². The standard InChI is InChI=1S/C14H11Cl2NO/c1-9-5-6-17-8-11(9)14(18)7-10-12(15)3-2-4-13(10)16/h2-6,8H,7H2,1H3. The number of carbonyl (C=O) groups is 1. The molecule has 0 N–H and O–H groups in total. The first kappa shape index (κ1) is 13.1. The third-order valence-corrected chi connectivity index (χ3v) is 3.45. The van der Waals surface area contributed by atoms with Crippen molar-refractivity contribution in [3.05, 3.63) is 63.4 Å². The third-order valence-electron chi connectivity index (χ3n) is 2.74. The summed E-state index contributed by atoms with van der Waals surface area (Å²) in [6.45, 7) is 1.88. The fourth-order valence-corrected chi connectivity index (χ4v) is 2.24. The molecule has 0 atom stereocenters. The Labute approximate surface area is 116 Å². The molecule has 1 heterocycles. The van der Waals surface area contributed by atoms with Crippen LogP contribution in [-0.4, -0.2) is 10.8 Å². The zero-order chi connectivity index (χ0) is 13.1. The van der Waals surface area contributed by atoms with Gasteiger partial charge in [-0.05, 0) is 36.2 Å². The van der Waals surface area contributed by atoms with Crippen molar-refractivity contribution in [2.24, 2.45) is 0 Å². The van der Waals surface area contributed by atoms with Gasteiger partial charge in [-0.15, -0.1) is 0 Å². The van der Waals surface area contributed by atoms with E-state index in [2.05, 4.69) is 4.98 Å². The van der Waals surface area contributed by atoms with Crippen LogP contribution in [0.5, 0.6) is 0 Å². The summed E-state index contributed by atoms with van der Waals surface area (Å²) in [5, 5.41) is 1.02. The molecule has 1 aromatic carbocycles. The van der Waals surface area contributed by atoms with E-state index in [1.165, 1.54) is 0 Å². The van der Waals surface area contributed by atoms with Crippen molar-refractivity contribution in [2.75, 3.05) is 0 Å². The number of ketones is 1. The molecule has 2 aromatic rings. The molecule has 4 heteroatoms. The zero-order valence-corrected chi connectivity index (χ0v) is 11.3. The molecular formula is C14H11Cl2NO. The molecule has 0 aliphatic rings. The predicted octanol–water partition coefficient (Wildman–Crippen LogP) is 4.12. The molecular weight excluding hydrogens is 269 g/mol. The topological polar surface area (TPSA) is 30.0 Å². The fourth-order valence-electron chi connectivity index (χ4n) is 1.71. The second kappa shape index (κ2) is 5.51. The molecule has 0 saturated heterocycles. The lowest BCUT2D eigenvalue weighted by Gasteiger charge is -2.07. The molecule has 0 aliphatic heterocycles. The number of aromatic nitrogens is 1. The molecule has 0 saturated carbocycles. The van der Waals surface area contributed by atoms with Crippen molar-refractivity contribution in [1.82, 2.24) is 4.98 Å². The number of aryl methyl sites for hydroxylation is 1. The maximum atomic E-state index is 12.2. The number of nitrogens with zero attached hydrogens (tertiary/aromatic N) is 1. The van der Waals surface area contributed by atoms with Crippen LogP contribution in [-0.2, 0) is 6.42 Å². The van der Waals surface area contributed by atoms with E-state index in [1.807, 2.05) is 6.92 Å². The first-order valence-corrected chi connectivity index (χ1v) is 6.22. The number of rotatable bonds is 3. The average molecular weight is 280 g/mol. The number of pyridine rings is 1. The van der Waals surface area contributed by atoms with Gasteiger partial charge >= 0.3 is 0 Å². The van der Waals surface area contributed by atoms with E-state index in [1.54, 1.807) is 36.7 Å². The molecule has 0 radical (unpaired) electrons. The van der Waals surface area contributed by atoms with Gasteiger partial charge in [0.1, 0.15) is 0 Å². The van der Waals surface area contributed by atoms with Gasteiger partial charge in [0.15, 0.2) is 5.78 Å². The molecule has 0 fully saturated rings. The Bertz CT molecular complexity index is 576. The van der Waals surface area contributed by atoms with Crippen LogP contribution in [0.25, 0.3) is 0 Å². The summed E-state index contributed by atoms with van der Waals surface area (Å²) in [5.41, 5.74) is 2.17. The van der Waals surface area contributed by atoms with E-state index in [9.17, 15) is 4.79 Å². The molecule has 0 unspecified atom stereocenters. The summed E-state index contributed by atoms with van der Waals surface area (Å²) in [7, 11) is 0. The lowest BCUT2D eigenvalue weighted by Crippen LogP contribution is -2.07.